The summed E-state index contributed by atoms with van der Waals surface area (Å²) in [5.41, 5.74) is 2.38. The van der Waals surface area contributed by atoms with Crippen molar-refractivity contribution in [3.8, 4) is 11.3 Å². The maximum absolute atomic E-state index is 13.9. The van der Waals surface area contributed by atoms with Gasteiger partial charge in [-0.1, -0.05) is 24.8 Å². The van der Waals surface area contributed by atoms with Gasteiger partial charge in [0.05, 0.1) is 17.0 Å². The fourth-order valence-electron chi connectivity index (χ4n) is 3.67. The molecule has 34 heavy (non-hydrogen) atoms. The highest BCUT2D eigenvalue weighted by molar-refractivity contribution is 5.87. The monoisotopic (exact) mass is 465 g/mol. The molecule has 0 fully saturated rings. The molecule has 7 heteroatoms. The van der Waals surface area contributed by atoms with Gasteiger partial charge in [-0.25, -0.2) is 13.6 Å². The Labute approximate surface area is 195 Å². The molecule has 3 aromatic rings. The van der Waals surface area contributed by atoms with E-state index in [0.717, 1.165) is 17.7 Å². The van der Waals surface area contributed by atoms with Crippen LogP contribution in [0.15, 0.2) is 75.6 Å². The first-order valence-corrected chi connectivity index (χ1v) is 10.6. The van der Waals surface area contributed by atoms with Crippen molar-refractivity contribution >= 4 is 16.9 Å². The molecule has 1 aromatic heterocycles. The number of hydrogen-bond donors (Lipinski definition) is 2. The number of nitrogens with one attached hydrogen (secondary N) is 1. The Bertz CT molecular complexity index is 1420. The summed E-state index contributed by atoms with van der Waals surface area (Å²) in [5, 5.41) is 13.0. The van der Waals surface area contributed by atoms with Crippen molar-refractivity contribution < 1.29 is 23.1 Å². The zero-order valence-electron chi connectivity index (χ0n) is 19.3. The minimum atomic E-state index is -1.08. The number of fused-ring (bicyclic) bond motifs is 1. The van der Waals surface area contributed by atoms with Gasteiger partial charge < -0.3 is 14.8 Å². The van der Waals surface area contributed by atoms with E-state index in [1.54, 1.807) is 25.1 Å². The van der Waals surface area contributed by atoms with E-state index in [-0.39, 0.29) is 33.5 Å². The minimum Gasteiger partial charge on any atom is -0.478 e. The Morgan fingerprint density at radius 1 is 1.18 bits per heavy atom. The average Bonchev–Trinajstić information content (AvgIpc) is 2.80. The molecule has 1 heterocycles. The second kappa shape index (κ2) is 9.87. The highest BCUT2D eigenvalue weighted by Crippen LogP contribution is 2.32. The molecule has 0 saturated heterocycles. The summed E-state index contributed by atoms with van der Waals surface area (Å²) in [4.78, 5) is 24.8. The Hall–Kier alpha value is -4.00. The number of hydrogen-bond acceptors (Lipinski definition) is 4. The fraction of sp³-hybridized carbons (Fsp3) is 0.185. The number of aryl methyl sites for hydroxylation is 1. The summed E-state index contributed by atoms with van der Waals surface area (Å²) >= 11 is 0. The molecule has 0 bridgehead atoms. The Kier molecular flexibility index (Phi) is 7.15. The van der Waals surface area contributed by atoms with Crippen LogP contribution in [-0.2, 0) is 4.79 Å². The van der Waals surface area contributed by atoms with Gasteiger partial charge in [0.1, 0.15) is 11.3 Å². The van der Waals surface area contributed by atoms with E-state index in [1.165, 1.54) is 19.1 Å². The Morgan fingerprint density at radius 2 is 1.88 bits per heavy atom. The van der Waals surface area contributed by atoms with Crippen LogP contribution in [-0.4, -0.2) is 11.1 Å². The van der Waals surface area contributed by atoms with E-state index >= 15 is 0 Å². The van der Waals surface area contributed by atoms with Crippen molar-refractivity contribution in [2.24, 2.45) is 0 Å². The van der Waals surface area contributed by atoms with Crippen molar-refractivity contribution in [2.45, 2.75) is 33.7 Å². The molecule has 1 unspecified atom stereocenters. The third-order valence-corrected chi connectivity index (χ3v) is 5.54. The third-order valence-electron chi connectivity index (χ3n) is 5.54. The first-order chi connectivity index (χ1) is 16.0. The lowest BCUT2D eigenvalue weighted by Crippen LogP contribution is -2.21. The van der Waals surface area contributed by atoms with Gasteiger partial charge in [0.25, 0.3) is 0 Å². The molecule has 1 atom stereocenters. The summed E-state index contributed by atoms with van der Waals surface area (Å²) in [7, 11) is 0. The number of halogens is 2. The largest absolute Gasteiger partial charge is 0.478 e. The molecule has 0 spiro atoms. The fourth-order valence-corrected chi connectivity index (χ4v) is 3.67. The van der Waals surface area contributed by atoms with E-state index in [0.29, 0.717) is 16.6 Å². The normalized spacial score (nSPS) is 13.1. The maximum atomic E-state index is 13.9. The van der Waals surface area contributed by atoms with Gasteiger partial charge in [0, 0.05) is 22.4 Å². The smallest absolute Gasteiger partial charge is 0.333 e. The molecular weight excluding hydrogens is 440 g/mol. The van der Waals surface area contributed by atoms with Crippen LogP contribution in [0, 0.1) is 25.5 Å². The number of rotatable bonds is 7. The van der Waals surface area contributed by atoms with E-state index in [1.807, 2.05) is 19.9 Å². The van der Waals surface area contributed by atoms with E-state index in [9.17, 15) is 23.5 Å². The molecule has 0 amide bonds. The minimum absolute atomic E-state index is 0.0988. The second-order valence-electron chi connectivity index (χ2n) is 8.05. The zero-order valence-corrected chi connectivity index (χ0v) is 19.3. The number of allylic oxidation sites excluding steroid dienone is 3. The molecule has 0 aliphatic rings. The van der Waals surface area contributed by atoms with E-state index < -0.39 is 23.6 Å². The van der Waals surface area contributed by atoms with Crippen LogP contribution in [0.25, 0.3) is 22.3 Å². The van der Waals surface area contributed by atoms with Crippen LogP contribution in [0.3, 0.4) is 0 Å². The predicted octanol–water partition coefficient (Wildman–Crippen LogP) is 6.11. The first kappa shape index (κ1) is 24.6. The van der Waals surface area contributed by atoms with Crippen LogP contribution in [0.5, 0.6) is 0 Å². The average molecular weight is 465 g/mol. The molecule has 0 aliphatic carbocycles. The number of carbonyl (C=O) groups is 1. The molecule has 5 nitrogen and oxygen atoms in total. The first-order valence-electron chi connectivity index (χ1n) is 10.6. The van der Waals surface area contributed by atoms with Gasteiger partial charge in [-0.05, 0) is 63.6 Å². The van der Waals surface area contributed by atoms with Gasteiger partial charge in [0.15, 0.2) is 17.1 Å². The summed E-state index contributed by atoms with van der Waals surface area (Å²) in [6, 6.07) is 6.38. The quantitative estimate of drug-likeness (QED) is 0.325. The molecule has 2 N–H and O–H groups in total. The topological polar surface area (TPSA) is 79.5 Å². The predicted molar refractivity (Wildman–Crippen MR) is 129 cm³/mol. The van der Waals surface area contributed by atoms with Gasteiger partial charge in [-0.15, -0.1) is 0 Å². The van der Waals surface area contributed by atoms with Gasteiger partial charge >= 0.3 is 5.97 Å². The number of benzene rings is 2. The summed E-state index contributed by atoms with van der Waals surface area (Å²) in [6.45, 7) is 10.3. The van der Waals surface area contributed by atoms with Crippen LogP contribution < -0.4 is 10.7 Å². The van der Waals surface area contributed by atoms with Crippen LogP contribution >= 0.6 is 0 Å². The van der Waals surface area contributed by atoms with Crippen LogP contribution in [0.2, 0.25) is 0 Å². The van der Waals surface area contributed by atoms with Crippen molar-refractivity contribution in [2.75, 3.05) is 0 Å². The zero-order chi connectivity index (χ0) is 25.2. The summed E-state index contributed by atoms with van der Waals surface area (Å²) in [5.74, 6) is -3.00. The molecular formula is C27H25F2NO4. The molecule has 3 rings (SSSR count). The summed E-state index contributed by atoms with van der Waals surface area (Å²) < 4.78 is 33.5. The molecule has 2 aromatic carbocycles. The van der Waals surface area contributed by atoms with E-state index in [4.69, 9.17) is 4.42 Å². The van der Waals surface area contributed by atoms with Gasteiger partial charge in [-0.2, -0.15) is 0 Å². The molecule has 0 saturated carbocycles. The SMILES string of the molecule is C=C/C=C\C(NC(C)c1cc(C)cc2c(=O)c(C)c(-c3ccc(F)c(F)c3)oc12)=C(/C)C(=O)O. The second-order valence-corrected chi connectivity index (χ2v) is 8.05. The number of carboxylic acids is 1. The summed E-state index contributed by atoms with van der Waals surface area (Å²) in [6.07, 6.45) is 4.73. The molecule has 176 valence electrons. The van der Waals surface area contributed by atoms with Crippen LogP contribution in [0.1, 0.15) is 36.6 Å². The van der Waals surface area contributed by atoms with Crippen molar-refractivity contribution in [1.82, 2.24) is 5.32 Å². The maximum Gasteiger partial charge on any atom is 0.333 e. The van der Waals surface area contributed by atoms with Crippen LogP contribution in [0.4, 0.5) is 8.78 Å². The van der Waals surface area contributed by atoms with Crippen molar-refractivity contribution in [3.05, 3.63) is 105 Å². The lowest BCUT2D eigenvalue weighted by molar-refractivity contribution is -0.132. The molecule has 0 aliphatic heterocycles. The lowest BCUT2D eigenvalue weighted by Gasteiger charge is -2.20. The Balaban J connectivity index is 2.24. The number of aliphatic carboxylic acids is 1. The highest BCUT2D eigenvalue weighted by atomic mass is 19.2. The highest BCUT2D eigenvalue weighted by Gasteiger charge is 2.20. The van der Waals surface area contributed by atoms with Crippen molar-refractivity contribution in [3.63, 3.8) is 0 Å². The lowest BCUT2D eigenvalue weighted by atomic mass is 9.98. The van der Waals surface area contributed by atoms with Gasteiger partial charge in [0.2, 0.25) is 0 Å². The standard InChI is InChI=1S/C27H25F2NO4/c1-6-7-8-23(15(3)27(32)33)30-17(5)19-11-14(2)12-20-24(31)16(4)25(34-26(19)20)18-9-10-21(28)22(29)13-18/h6-13,17,30H,1H2,2-5H3,(H,32,33)/b8-7-,23-15-. The van der Waals surface area contributed by atoms with Gasteiger partial charge in [-0.3, -0.25) is 4.79 Å². The molecule has 0 radical (unpaired) electrons. The number of carboxylic acid groups (broad SMARTS) is 1. The Morgan fingerprint density at radius 3 is 2.50 bits per heavy atom. The third kappa shape index (κ3) is 4.83. The van der Waals surface area contributed by atoms with Crippen molar-refractivity contribution in [1.29, 1.82) is 0 Å². The van der Waals surface area contributed by atoms with E-state index in [2.05, 4.69) is 11.9 Å².